The van der Waals surface area contributed by atoms with Crippen molar-refractivity contribution in [3.63, 3.8) is 0 Å². The number of hydrogen-bond acceptors (Lipinski definition) is 3. The normalized spacial score (nSPS) is 10.4. The number of ether oxygens (including phenoxy) is 1. The minimum Gasteiger partial charge on any atom is -0.495 e. The largest absolute Gasteiger partial charge is 0.495 e. The molecule has 4 heteroatoms. The lowest BCUT2D eigenvalue weighted by atomic mass is 10.0. The number of anilines is 1. The maximum Gasteiger partial charge on any atom is 0.303 e. The quantitative estimate of drug-likeness (QED) is 0.731. The van der Waals surface area contributed by atoms with Crippen molar-refractivity contribution in [2.45, 2.75) is 32.6 Å². The van der Waals surface area contributed by atoms with E-state index in [1.165, 1.54) is 5.56 Å². The van der Waals surface area contributed by atoms with Crippen LogP contribution in [0.4, 0.5) is 5.69 Å². The molecule has 0 atom stereocenters. The highest BCUT2D eigenvalue weighted by molar-refractivity contribution is 5.66. The Kier molecular flexibility index (Phi) is 5.49. The zero-order chi connectivity index (χ0) is 13.5. The van der Waals surface area contributed by atoms with Crippen molar-refractivity contribution in [3.8, 4) is 5.75 Å². The molecule has 0 radical (unpaired) electrons. The average Bonchev–Trinajstić information content (AvgIpc) is 2.34. The number of aliphatic carboxylic acids is 1. The Hall–Kier alpha value is -1.71. The van der Waals surface area contributed by atoms with Crippen LogP contribution < -0.4 is 10.1 Å². The first-order valence-corrected chi connectivity index (χ1v) is 6.18. The lowest BCUT2D eigenvalue weighted by molar-refractivity contribution is -0.137. The van der Waals surface area contributed by atoms with Crippen LogP contribution in [0.2, 0.25) is 0 Å². The predicted molar refractivity (Wildman–Crippen MR) is 72.4 cm³/mol. The molecule has 0 fully saturated rings. The molecule has 1 rings (SSSR count). The predicted octanol–water partition coefficient (Wildman–Crippen LogP) is 3.10. The van der Waals surface area contributed by atoms with Crippen LogP contribution in [0.3, 0.4) is 0 Å². The van der Waals surface area contributed by atoms with E-state index in [9.17, 15) is 4.79 Å². The Bertz CT molecular complexity index is 402. The van der Waals surface area contributed by atoms with Gasteiger partial charge in [0.25, 0.3) is 0 Å². The third-order valence-corrected chi connectivity index (χ3v) is 2.77. The summed E-state index contributed by atoms with van der Waals surface area (Å²) < 4.78 is 5.28. The fourth-order valence-corrected chi connectivity index (χ4v) is 1.69. The van der Waals surface area contributed by atoms with Crippen LogP contribution >= 0.6 is 0 Å². The summed E-state index contributed by atoms with van der Waals surface area (Å²) in [6.45, 7) is 4.90. The minimum absolute atomic E-state index is 0.180. The molecule has 0 bridgehead atoms. The van der Waals surface area contributed by atoms with Crippen molar-refractivity contribution in [2.24, 2.45) is 0 Å². The zero-order valence-electron chi connectivity index (χ0n) is 11.2. The van der Waals surface area contributed by atoms with Gasteiger partial charge < -0.3 is 15.2 Å². The van der Waals surface area contributed by atoms with E-state index in [1.54, 1.807) is 7.11 Å². The molecular weight excluding hydrogens is 230 g/mol. The van der Waals surface area contributed by atoms with E-state index >= 15 is 0 Å². The molecule has 0 heterocycles. The van der Waals surface area contributed by atoms with Crippen LogP contribution in [0, 0.1) is 0 Å². The molecule has 1 aromatic rings. The number of nitrogens with one attached hydrogen (secondary N) is 1. The molecule has 0 aromatic heterocycles. The van der Waals surface area contributed by atoms with Crippen molar-refractivity contribution in [1.29, 1.82) is 0 Å². The van der Waals surface area contributed by atoms with E-state index in [0.29, 0.717) is 18.9 Å². The van der Waals surface area contributed by atoms with Gasteiger partial charge in [0.05, 0.1) is 12.8 Å². The summed E-state index contributed by atoms with van der Waals surface area (Å²) >= 11 is 0. The zero-order valence-corrected chi connectivity index (χ0v) is 11.2. The molecule has 0 saturated carbocycles. The van der Waals surface area contributed by atoms with Gasteiger partial charge in [0, 0.05) is 13.0 Å². The van der Waals surface area contributed by atoms with Crippen LogP contribution in [0.15, 0.2) is 18.2 Å². The van der Waals surface area contributed by atoms with Crippen molar-refractivity contribution < 1.29 is 14.6 Å². The first-order valence-electron chi connectivity index (χ1n) is 6.18. The standard InChI is InChI=1S/C14H21NO3/c1-10(2)11-6-7-13(18-3)12(9-11)15-8-4-5-14(16)17/h6-7,9-10,15H,4-5,8H2,1-3H3,(H,16,17). The van der Waals surface area contributed by atoms with Gasteiger partial charge >= 0.3 is 5.97 Å². The van der Waals surface area contributed by atoms with Crippen LogP contribution in [0.25, 0.3) is 0 Å². The summed E-state index contributed by atoms with van der Waals surface area (Å²) in [6.07, 6.45) is 0.781. The van der Waals surface area contributed by atoms with Gasteiger partial charge in [-0.15, -0.1) is 0 Å². The van der Waals surface area contributed by atoms with E-state index in [0.717, 1.165) is 11.4 Å². The average molecular weight is 251 g/mol. The minimum atomic E-state index is -0.764. The Morgan fingerprint density at radius 2 is 2.17 bits per heavy atom. The van der Waals surface area contributed by atoms with E-state index in [1.807, 2.05) is 12.1 Å². The second kappa shape index (κ2) is 6.89. The third-order valence-electron chi connectivity index (χ3n) is 2.77. The summed E-state index contributed by atoms with van der Waals surface area (Å²) in [5.74, 6) is 0.477. The van der Waals surface area contributed by atoms with Gasteiger partial charge in [-0.05, 0) is 30.0 Å². The van der Waals surface area contributed by atoms with Crippen molar-refractivity contribution >= 4 is 11.7 Å². The molecule has 100 valence electrons. The SMILES string of the molecule is COc1ccc(C(C)C)cc1NCCCC(=O)O. The summed E-state index contributed by atoms with van der Waals surface area (Å²) in [7, 11) is 1.63. The third kappa shape index (κ3) is 4.28. The van der Waals surface area contributed by atoms with Crippen LogP contribution in [0.1, 0.15) is 38.2 Å². The van der Waals surface area contributed by atoms with Gasteiger partial charge in [0.2, 0.25) is 0 Å². The van der Waals surface area contributed by atoms with Gasteiger partial charge in [0.15, 0.2) is 0 Å². The van der Waals surface area contributed by atoms with Crippen molar-refractivity contribution in [1.82, 2.24) is 0 Å². The highest BCUT2D eigenvalue weighted by atomic mass is 16.5. The molecule has 2 N–H and O–H groups in total. The van der Waals surface area contributed by atoms with E-state index in [-0.39, 0.29) is 6.42 Å². The maximum absolute atomic E-state index is 10.4. The lowest BCUT2D eigenvalue weighted by Gasteiger charge is -2.14. The second-order valence-electron chi connectivity index (χ2n) is 4.54. The van der Waals surface area contributed by atoms with Crippen molar-refractivity contribution in [2.75, 3.05) is 19.0 Å². The molecule has 18 heavy (non-hydrogen) atoms. The number of carboxylic acids is 1. The Labute approximate surface area is 108 Å². The Morgan fingerprint density at radius 1 is 1.44 bits per heavy atom. The van der Waals surface area contributed by atoms with Crippen LogP contribution in [-0.2, 0) is 4.79 Å². The van der Waals surface area contributed by atoms with Gasteiger partial charge in [-0.2, -0.15) is 0 Å². The summed E-state index contributed by atoms with van der Waals surface area (Å²) in [5.41, 5.74) is 2.16. The molecule has 0 aliphatic carbocycles. The number of methoxy groups -OCH3 is 1. The molecule has 0 aliphatic rings. The molecule has 0 saturated heterocycles. The lowest BCUT2D eigenvalue weighted by Crippen LogP contribution is -2.06. The number of rotatable bonds is 7. The summed E-state index contributed by atoms with van der Waals surface area (Å²) in [5, 5.41) is 11.8. The number of carboxylic acid groups (broad SMARTS) is 1. The first kappa shape index (κ1) is 14.4. The van der Waals surface area contributed by atoms with Gasteiger partial charge in [-0.25, -0.2) is 0 Å². The highest BCUT2D eigenvalue weighted by Gasteiger charge is 2.06. The maximum atomic E-state index is 10.4. The van der Waals surface area contributed by atoms with E-state index in [4.69, 9.17) is 9.84 Å². The Morgan fingerprint density at radius 3 is 2.72 bits per heavy atom. The topological polar surface area (TPSA) is 58.6 Å². The first-order chi connectivity index (χ1) is 8.54. The summed E-state index contributed by atoms with van der Waals surface area (Å²) in [4.78, 5) is 10.4. The second-order valence-corrected chi connectivity index (χ2v) is 4.54. The number of benzene rings is 1. The Balaban J connectivity index is 2.66. The monoisotopic (exact) mass is 251 g/mol. The van der Waals surface area contributed by atoms with Crippen LogP contribution in [0.5, 0.6) is 5.75 Å². The summed E-state index contributed by atoms with van der Waals surface area (Å²) in [6, 6.07) is 6.05. The molecule has 0 aliphatic heterocycles. The molecule has 4 nitrogen and oxygen atoms in total. The molecule has 1 aromatic carbocycles. The fraction of sp³-hybridized carbons (Fsp3) is 0.500. The fourth-order valence-electron chi connectivity index (χ4n) is 1.69. The molecular formula is C14H21NO3. The van der Waals surface area contributed by atoms with Gasteiger partial charge in [-0.1, -0.05) is 19.9 Å². The van der Waals surface area contributed by atoms with Gasteiger partial charge in [-0.3, -0.25) is 4.79 Å². The van der Waals surface area contributed by atoms with Crippen LogP contribution in [-0.4, -0.2) is 24.7 Å². The number of carbonyl (C=O) groups is 1. The number of hydrogen-bond donors (Lipinski definition) is 2. The van der Waals surface area contributed by atoms with E-state index in [2.05, 4.69) is 25.2 Å². The smallest absolute Gasteiger partial charge is 0.303 e. The molecule has 0 amide bonds. The molecule has 0 spiro atoms. The van der Waals surface area contributed by atoms with E-state index < -0.39 is 5.97 Å². The molecule has 0 unspecified atom stereocenters. The van der Waals surface area contributed by atoms with Gasteiger partial charge in [0.1, 0.15) is 5.75 Å². The highest BCUT2D eigenvalue weighted by Crippen LogP contribution is 2.28. The van der Waals surface area contributed by atoms with Crippen molar-refractivity contribution in [3.05, 3.63) is 23.8 Å².